The fourth-order valence-corrected chi connectivity index (χ4v) is 2.95. The molecule has 0 bridgehead atoms. The predicted octanol–water partition coefficient (Wildman–Crippen LogP) is 3.20. The molecule has 1 saturated carbocycles. The number of hydrogen-bond donors (Lipinski definition) is 2. The summed E-state index contributed by atoms with van der Waals surface area (Å²) >= 11 is 0. The smallest absolute Gasteiger partial charge is 0.372 e. The van der Waals surface area contributed by atoms with E-state index < -0.39 is 5.97 Å². The minimum Gasteiger partial charge on any atom is -0.475 e. The molecule has 3 atom stereocenters. The van der Waals surface area contributed by atoms with Crippen LogP contribution in [0.15, 0.2) is 10.5 Å². The molecule has 4 nitrogen and oxygen atoms in total. The van der Waals surface area contributed by atoms with E-state index in [2.05, 4.69) is 19.2 Å². The van der Waals surface area contributed by atoms with Crippen molar-refractivity contribution in [3.8, 4) is 0 Å². The Morgan fingerprint density at radius 2 is 2.21 bits per heavy atom. The third-order valence-corrected chi connectivity index (χ3v) is 4.41. The molecule has 1 aliphatic carbocycles. The summed E-state index contributed by atoms with van der Waals surface area (Å²) in [4.78, 5) is 10.9. The fourth-order valence-electron chi connectivity index (χ4n) is 2.95. The molecular weight excluding hydrogens is 242 g/mol. The zero-order valence-corrected chi connectivity index (χ0v) is 11.9. The summed E-state index contributed by atoms with van der Waals surface area (Å²) in [5.74, 6) is 1.17. The minimum atomic E-state index is -0.997. The molecule has 4 heteroatoms. The first kappa shape index (κ1) is 14.1. The van der Waals surface area contributed by atoms with E-state index in [0.717, 1.165) is 5.92 Å². The maximum Gasteiger partial charge on any atom is 0.372 e. The van der Waals surface area contributed by atoms with Gasteiger partial charge in [0.15, 0.2) is 0 Å². The quantitative estimate of drug-likeness (QED) is 0.877. The Hall–Kier alpha value is -1.29. The van der Waals surface area contributed by atoms with Crippen LogP contribution in [0.3, 0.4) is 0 Å². The molecule has 1 aromatic heterocycles. The molecule has 0 amide bonds. The van der Waals surface area contributed by atoms with Crippen molar-refractivity contribution in [3.63, 3.8) is 0 Å². The highest BCUT2D eigenvalue weighted by molar-refractivity contribution is 5.86. The lowest BCUT2D eigenvalue weighted by molar-refractivity contribution is 0.0658. The van der Waals surface area contributed by atoms with Crippen LogP contribution in [-0.2, 0) is 6.54 Å². The van der Waals surface area contributed by atoms with Gasteiger partial charge in [-0.2, -0.15) is 0 Å². The predicted molar refractivity (Wildman–Crippen MR) is 73.2 cm³/mol. The SMILES string of the molecule is Cc1cc(CNC2CCCC(C)C2C)oc1C(=O)O. The molecule has 2 rings (SSSR count). The van der Waals surface area contributed by atoms with E-state index in [4.69, 9.17) is 9.52 Å². The van der Waals surface area contributed by atoms with Crippen molar-refractivity contribution in [1.82, 2.24) is 5.32 Å². The number of rotatable bonds is 4. The second-order valence-corrected chi connectivity index (χ2v) is 5.78. The van der Waals surface area contributed by atoms with E-state index in [1.807, 2.05) is 6.07 Å². The van der Waals surface area contributed by atoms with Crippen molar-refractivity contribution in [3.05, 3.63) is 23.2 Å². The minimum absolute atomic E-state index is 0.0573. The normalized spacial score (nSPS) is 27.4. The van der Waals surface area contributed by atoms with Crippen LogP contribution in [0.1, 0.15) is 55.0 Å². The summed E-state index contributed by atoms with van der Waals surface area (Å²) in [7, 11) is 0. The summed E-state index contributed by atoms with van der Waals surface area (Å²) in [5.41, 5.74) is 0.689. The number of carboxylic acid groups (broad SMARTS) is 1. The summed E-state index contributed by atoms with van der Waals surface area (Å²) in [6.07, 6.45) is 3.76. The van der Waals surface area contributed by atoms with E-state index in [1.165, 1.54) is 19.3 Å². The van der Waals surface area contributed by atoms with Gasteiger partial charge >= 0.3 is 5.97 Å². The zero-order valence-electron chi connectivity index (χ0n) is 11.9. The Balaban J connectivity index is 1.95. The Kier molecular flexibility index (Phi) is 4.30. The van der Waals surface area contributed by atoms with Gasteiger partial charge in [0.05, 0.1) is 6.54 Å². The summed E-state index contributed by atoms with van der Waals surface area (Å²) < 4.78 is 5.37. The molecule has 19 heavy (non-hydrogen) atoms. The van der Waals surface area contributed by atoms with E-state index in [0.29, 0.717) is 29.8 Å². The maximum absolute atomic E-state index is 10.9. The van der Waals surface area contributed by atoms with E-state index in [-0.39, 0.29) is 5.76 Å². The Morgan fingerprint density at radius 1 is 1.47 bits per heavy atom. The van der Waals surface area contributed by atoms with Crippen molar-refractivity contribution in [2.75, 3.05) is 0 Å². The molecule has 1 aromatic rings. The standard InChI is InChI=1S/C15H23NO3/c1-9-5-4-6-13(11(9)3)16-8-12-7-10(2)14(19-12)15(17)18/h7,9,11,13,16H,4-6,8H2,1-3H3,(H,17,18). The summed E-state index contributed by atoms with van der Waals surface area (Å²) in [5, 5.41) is 12.5. The number of nitrogens with one attached hydrogen (secondary N) is 1. The van der Waals surface area contributed by atoms with Crippen molar-refractivity contribution >= 4 is 5.97 Å². The maximum atomic E-state index is 10.9. The molecular formula is C15H23NO3. The van der Waals surface area contributed by atoms with Gasteiger partial charge in [0.1, 0.15) is 5.76 Å². The third kappa shape index (κ3) is 3.18. The van der Waals surface area contributed by atoms with Gasteiger partial charge in [0, 0.05) is 11.6 Å². The van der Waals surface area contributed by atoms with Crippen molar-refractivity contribution in [1.29, 1.82) is 0 Å². The molecule has 0 aromatic carbocycles. The second-order valence-electron chi connectivity index (χ2n) is 5.78. The van der Waals surface area contributed by atoms with Gasteiger partial charge in [-0.15, -0.1) is 0 Å². The van der Waals surface area contributed by atoms with Crippen LogP contribution in [-0.4, -0.2) is 17.1 Å². The van der Waals surface area contributed by atoms with Crippen LogP contribution in [0.4, 0.5) is 0 Å². The highest BCUT2D eigenvalue weighted by atomic mass is 16.4. The van der Waals surface area contributed by atoms with Crippen LogP contribution in [0, 0.1) is 18.8 Å². The van der Waals surface area contributed by atoms with Crippen molar-refractivity contribution < 1.29 is 14.3 Å². The number of aromatic carboxylic acids is 1. The number of furan rings is 1. The van der Waals surface area contributed by atoms with E-state index in [1.54, 1.807) is 6.92 Å². The number of carbonyl (C=O) groups is 1. The number of hydrogen-bond acceptors (Lipinski definition) is 3. The fraction of sp³-hybridized carbons (Fsp3) is 0.667. The Morgan fingerprint density at radius 3 is 2.84 bits per heavy atom. The van der Waals surface area contributed by atoms with Crippen molar-refractivity contribution in [2.24, 2.45) is 11.8 Å². The van der Waals surface area contributed by atoms with E-state index in [9.17, 15) is 4.79 Å². The lowest BCUT2D eigenvalue weighted by Gasteiger charge is -2.34. The third-order valence-electron chi connectivity index (χ3n) is 4.41. The first-order valence-corrected chi connectivity index (χ1v) is 7.05. The topological polar surface area (TPSA) is 62.5 Å². The van der Waals surface area contributed by atoms with Gasteiger partial charge < -0.3 is 14.8 Å². The first-order chi connectivity index (χ1) is 8.99. The first-order valence-electron chi connectivity index (χ1n) is 7.05. The summed E-state index contributed by atoms with van der Waals surface area (Å²) in [6, 6.07) is 2.32. The largest absolute Gasteiger partial charge is 0.475 e. The monoisotopic (exact) mass is 265 g/mol. The van der Waals surface area contributed by atoms with Crippen LogP contribution in [0.5, 0.6) is 0 Å². The van der Waals surface area contributed by atoms with Gasteiger partial charge in [-0.25, -0.2) is 4.79 Å². The number of aryl methyl sites for hydroxylation is 1. The molecule has 1 heterocycles. The molecule has 0 radical (unpaired) electrons. The average Bonchev–Trinajstić information content (AvgIpc) is 2.73. The van der Waals surface area contributed by atoms with Gasteiger partial charge in [0.2, 0.25) is 5.76 Å². The van der Waals surface area contributed by atoms with Crippen molar-refractivity contribution in [2.45, 2.75) is 52.6 Å². The summed E-state index contributed by atoms with van der Waals surface area (Å²) in [6.45, 7) is 6.97. The highest BCUT2D eigenvalue weighted by Crippen LogP contribution is 2.29. The lowest BCUT2D eigenvalue weighted by Crippen LogP contribution is -2.40. The average molecular weight is 265 g/mol. The molecule has 0 spiro atoms. The van der Waals surface area contributed by atoms with Gasteiger partial charge in [0.25, 0.3) is 0 Å². The molecule has 106 valence electrons. The zero-order chi connectivity index (χ0) is 14.0. The molecule has 3 unspecified atom stereocenters. The van der Waals surface area contributed by atoms with Crippen LogP contribution in [0.2, 0.25) is 0 Å². The van der Waals surface area contributed by atoms with Gasteiger partial charge in [-0.1, -0.05) is 26.7 Å². The molecule has 1 fully saturated rings. The van der Waals surface area contributed by atoms with Crippen LogP contribution < -0.4 is 5.32 Å². The Labute approximate surface area is 114 Å². The highest BCUT2D eigenvalue weighted by Gasteiger charge is 2.26. The molecule has 0 saturated heterocycles. The van der Waals surface area contributed by atoms with E-state index >= 15 is 0 Å². The Bertz CT molecular complexity index is 452. The molecule has 2 N–H and O–H groups in total. The van der Waals surface area contributed by atoms with Gasteiger partial charge in [-0.05, 0) is 31.2 Å². The second kappa shape index (κ2) is 5.78. The number of carboxylic acids is 1. The molecule has 1 aliphatic rings. The molecule has 0 aliphatic heterocycles. The van der Waals surface area contributed by atoms with Gasteiger partial charge in [-0.3, -0.25) is 0 Å². The lowest BCUT2D eigenvalue weighted by atomic mass is 9.78. The van der Waals surface area contributed by atoms with Crippen LogP contribution >= 0.6 is 0 Å². The van der Waals surface area contributed by atoms with Crippen LogP contribution in [0.25, 0.3) is 0 Å².